The minimum absolute atomic E-state index is 0.0157. The molecule has 0 aromatic heterocycles. The molecular weight excluding hydrogens is 456 g/mol. The summed E-state index contributed by atoms with van der Waals surface area (Å²) in [6, 6.07) is 14.9. The van der Waals surface area contributed by atoms with E-state index in [1.807, 2.05) is 49.9 Å². The molecule has 1 N–H and O–H groups in total. The van der Waals surface area contributed by atoms with E-state index in [4.69, 9.17) is 4.74 Å². The SMILES string of the molecule is CCCN(CC(=O)Nc1ccc(N2CCN(C(=O)c3ccc(OC)cc3)CC2)cc1)C(=O)CC(C)C. The number of hydrogen-bond donors (Lipinski definition) is 1. The Kier molecular flexibility index (Phi) is 9.73. The van der Waals surface area contributed by atoms with Crippen molar-refractivity contribution in [3.8, 4) is 5.75 Å². The number of rotatable bonds is 10. The second-order valence-corrected chi connectivity index (χ2v) is 9.52. The first-order chi connectivity index (χ1) is 17.3. The molecule has 3 amide bonds. The van der Waals surface area contributed by atoms with Gasteiger partial charge in [0.25, 0.3) is 5.91 Å². The summed E-state index contributed by atoms with van der Waals surface area (Å²) >= 11 is 0. The average molecular weight is 495 g/mol. The lowest BCUT2D eigenvalue weighted by atomic mass is 10.1. The van der Waals surface area contributed by atoms with Crippen LogP contribution in [0.3, 0.4) is 0 Å². The smallest absolute Gasteiger partial charge is 0.253 e. The first-order valence-electron chi connectivity index (χ1n) is 12.7. The number of amides is 3. The minimum atomic E-state index is -0.195. The molecular formula is C28H38N4O4. The van der Waals surface area contributed by atoms with Crippen molar-refractivity contribution in [3.05, 3.63) is 54.1 Å². The Bertz CT molecular complexity index is 1010. The van der Waals surface area contributed by atoms with Gasteiger partial charge in [-0.25, -0.2) is 0 Å². The predicted molar refractivity (Wildman–Crippen MR) is 143 cm³/mol. The predicted octanol–water partition coefficient (Wildman–Crippen LogP) is 3.88. The molecule has 1 heterocycles. The van der Waals surface area contributed by atoms with Gasteiger partial charge in [-0.15, -0.1) is 0 Å². The van der Waals surface area contributed by atoms with Crippen molar-refractivity contribution in [1.82, 2.24) is 9.80 Å². The number of benzene rings is 2. The average Bonchev–Trinajstić information content (AvgIpc) is 2.88. The van der Waals surface area contributed by atoms with E-state index in [1.165, 1.54) is 0 Å². The molecule has 1 aliphatic rings. The first kappa shape index (κ1) is 27.0. The minimum Gasteiger partial charge on any atom is -0.497 e. The van der Waals surface area contributed by atoms with Gasteiger partial charge in [-0.2, -0.15) is 0 Å². The lowest BCUT2D eigenvalue weighted by Crippen LogP contribution is -2.48. The lowest BCUT2D eigenvalue weighted by molar-refractivity contribution is -0.135. The topological polar surface area (TPSA) is 82.2 Å². The molecule has 8 nitrogen and oxygen atoms in total. The fraction of sp³-hybridized carbons (Fsp3) is 0.464. The van der Waals surface area contributed by atoms with E-state index in [2.05, 4.69) is 10.2 Å². The van der Waals surface area contributed by atoms with Gasteiger partial charge in [0, 0.05) is 56.1 Å². The number of methoxy groups -OCH3 is 1. The number of piperazine rings is 1. The molecule has 0 radical (unpaired) electrons. The molecule has 1 saturated heterocycles. The Morgan fingerprint density at radius 1 is 0.972 bits per heavy atom. The van der Waals surface area contributed by atoms with Crippen LogP contribution in [0.4, 0.5) is 11.4 Å². The number of ether oxygens (including phenoxy) is 1. The maximum atomic E-state index is 12.8. The van der Waals surface area contributed by atoms with Gasteiger partial charge in [0.2, 0.25) is 11.8 Å². The Hall–Kier alpha value is -3.55. The van der Waals surface area contributed by atoms with Crippen LogP contribution in [0.5, 0.6) is 5.75 Å². The summed E-state index contributed by atoms with van der Waals surface area (Å²) in [4.78, 5) is 43.5. The van der Waals surface area contributed by atoms with E-state index < -0.39 is 0 Å². The van der Waals surface area contributed by atoms with Crippen LogP contribution in [-0.2, 0) is 9.59 Å². The summed E-state index contributed by atoms with van der Waals surface area (Å²) < 4.78 is 5.17. The van der Waals surface area contributed by atoms with E-state index in [9.17, 15) is 14.4 Å². The molecule has 1 fully saturated rings. The summed E-state index contributed by atoms with van der Waals surface area (Å²) in [7, 11) is 1.61. The maximum Gasteiger partial charge on any atom is 0.253 e. The van der Waals surface area contributed by atoms with Gasteiger partial charge in [0.1, 0.15) is 5.75 Å². The molecule has 2 aromatic carbocycles. The Labute approximate surface area is 214 Å². The summed E-state index contributed by atoms with van der Waals surface area (Å²) in [5.74, 6) is 0.837. The maximum absolute atomic E-state index is 12.8. The zero-order valence-electron chi connectivity index (χ0n) is 21.8. The fourth-order valence-corrected chi connectivity index (χ4v) is 4.25. The van der Waals surface area contributed by atoms with Crippen molar-refractivity contribution in [3.63, 3.8) is 0 Å². The van der Waals surface area contributed by atoms with E-state index >= 15 is 0 Å². The molecule has 2 aromatic rings. The number of carbonyl (C=O) groups excluding carboxylic acids is 3. The number of carbonyl (C=O) groups is 3. The molecule has 0 saturated carbocycles. The quantitative estimate of drug-likeness (QED) is 0.542. The third kappa shape index (κ3) is 7.47. The van der Waals surface area contributed by atoms with E-state index in [0.29, 0.717) is 37.3 Å². The normalized spacial score (nSPS) is 13.5. The van der Waals surface area contributed by atoms with E-state index in [0.717, 1.165) is 30.9 Å². The van der Waals surface area contributed by atoms with Crippen molar-refractivity contribution in [2.45, 2.75) is 33.6 Å². The number of anilines is 2. The highest BCUT2D eigenvalue weighted by atomic mass is 16.5. The number of hydrogen-bond acceptors (Lipinski definition) is 5. The van der Waals surface area contributed by atoms with Crippen molar-refractivity contribution in [2.75, 3.05) is 56.6 Å². The molecule has 1 aliphatic heterocycles. The molecule has 3 rings (SSSR count). The van der Waals surface area contributed by atoms with Gasteiger partial charge in [0.05, 0.1) is 13.7 Å². The molecule has 8 heteroatoms. The number of nitrogens with one attached hydrogen (secondary N) is 1. The Morgan fingerprint density at radius 2 is 1.61 bits per heavy atom. The summed E-state index contributed by atoms with van der Waals surface area (Å²) in [6.07, 6.45) is 1.26. The highest BCUT2D eigenvalue weighted by Crippen LogP contribution is 2.21. The molecule has 194 valence electrons. The van der Waals surface area contributed by atoms with Crippen LogP contribution in [0.2, 0.25) is 0 Å². The van der Waals surface area contributed by atoms with Crippen LogP contribution in [-0.4, -0.2) is 73.9 Å². The Morgan fingerprint density at radius 3 is 2.17 bits per heavy atom. The van der Waals surface area contributed by atoms with Gasteiger partial charge < -0.3 is 24.8 Å². The third-order valence-corrected chi connectivity index (χ3v) is 6.18. The highest BCUT2D eigenvalue weighted by molar-refractivity contribution is 5.95. The van der Waals surface area contributed by atoms with Crippen molar-refractivity contribution in [2.24, 2.45) is 5.92 Å². The molecule has 0 atom stereocenters. The molecule has 0 aliphatic carbocycles. The molecule has 0 spiro atoms. The van der Waals surface area contributed by atoms with Crippen LogP contribution in [0.15, 0.2) is 48.5 Å². The van der Waals surface area contributed by atoms with Crippen LogP contribution in [0.25, 0.3) is 0 Å². The highest BCUT2D eigenvalue weighted by Gasteiger charge is 2.23. The zero-order chi connectivity index (χ0) is 26.1. The van der Waals surface area contributed by atoms with Gasteiger partial charge >= 0.3 is 0 Å². The van der Waals surface area contributed by atoms with Gasteiger partial charge in [-0.3, -0.25) is 14.4 Å². The van der Waals surface area contributed by atoms with E-state index in [-0.39, 0.29) is 30.2 Å². The number of nitrogens with zero attached hydrogens (tertiary/aromatic N) is 3. The third-order valence-electron chi connectivity index (χ3n) is 6.18. The largest absolute Gasteiger partial charge is 0.497 e. The summed E-state index contributed by atoms with van der Waals surface area (Å²) in [5.41, 5.74) is 2.40. The van der Waals surface area contributed by atoms with E-state index in [1.54, 1.807) is 36.3 Å². The zero-order valence-corrected chi connectivity index (χ0v) is 21.8. The lowest BCUT2D eigenvalue weighted by Gasteiger charge is -2.36. The fourth-order valence-electron chi connectivity index (χ4n) is 4.25. The second kappa shape index (κ2) is 13.0. The first-order valence-corrected chi connectivity index (χ1v) is 12.7. The summed E-state index contributed by atoms with van der Waals surface area (Å²) in [6.45, 7) is 9.39. The molecule has 0 unspecified atom stereocenters. The van der Waals surface area contributed by atoms with Crippen LogP contribution in [0, 0.1) is 5.92 Å². The van der Waals surface area contributed by atoms with Crippen LogP contribution < -0.4 is 15.0 Å². The standard InChI is InChI=1S/C28H38N4O4/c1-5-14-32(27(34)19-21(2)3)20-26(33)29-23-8-10-24(11-9-23)30-15-17-31(18-16-30)28(35)22-6-12-25(36-4)13-7-22/h6-13,21H,5,14-20H2,1-4H3,(H,29,33). The summed E-state index contributed by atoms with van der Waals surface area (Å²) in [5, 5.41) is 2.90. The molecule has 36 heavy (non-hydrogen) atoms. The Balaban J connectivity index is 1.50. The van der Waals surface area contributed by atoms with Gasteiger partial charge in [-0.1, -0.05) is 20.8 Å². The van der Waals surface area contributed by atoms with Crippen LogP contribution in [0.1, 0.15) is 44.0 Å². The van der Waals surface area contributed by atoms with Gasteiger partial charge in [0.15, 0.2) is 0 Å². The van der Waals surface area contributed by atoms with Gasteiger partial charge in [-0.05, 0) is 60.9 Å². The van der Waals surface area contributed by atoms with Crippen molar-refractivity contribution < 1.29 is 19.1 Å². The molecule has 0 bridgehead atoms. The van der Waals surface area contributed by atoms with Crippen LogP contribution >= 0.6 is 0 Å². The second-order valence-electron chi connectivity index (χ2n) is 9.52. The monoisotopic (exact) mass is 494 g/mol. The van der Waals surface area contributed by atoms with Crippen molar-refractivity contribution in [1.29, 1.82) is 0 Å². The van der Waals surface area contributed by atoms with Crippen molar-refractivity contribution >= 4 is 29.1 Å².